The molecular weight excluding hydrogens is 888 g/mol. The summed E-state index contributed by atoms with van der Waals surface area (Å²) in [6.45, 7) is 4.72. The van der Waals surface area contributed by atoms with E-state index >= 15 is 0 Å². The van der Waals surface area contributed by atoms with E-state index < -0.39 is 20.0 Å². The van der Waals surface area contributed by atoms with Crippen LogP contribution >= 0.6 is 7.82 Å². The van der Waals surface area contributed by atoms with Crippen molar-refractivity contribution in [2.75, 3.05) is 40.9 Å². The third-order valence-electron chi connectivity index (χ3n) is 12.9. The number of aliphatic hydroxyl groups excluding tert-OH is 1. The first-order valence-corrected chi connectivity index (χ1v) is 30.8. The smallest absolute Gasteiger partial charge is 0.387 e. The number of hydrogen-bond donors (Lipinski definition) is 3. The van der Waals surface area contributed by atoms with Gasteiger partial charge in [0.05, 0.1) is 39.9 Å². The zero-order valence-corrected chi connectivity index (χ0v) is 47.4. The molecule has 0 fully saturated rings. The predicted octanol–water partition coefficient (Wildman–Crippen LogP) is 17.9. The quantitative estimate of drug-likeness (QED) is 0.0243. The summed E-state index contributed by atoms with van der Waals surface area (Å²) < 4.78 is 23.7. The molecule has 9 heteroatoms. The molecule has 0 aliphatic heterocycles. The second-order valence-electron chi connectivity index (χ2n) is 21.0. The number of nitrogens with one attached hydrogen (secondary N) is 1. The molecule has 408 valence electrons. The van der Waals surface area contributed by atoms with Crippen molar-refractivity contribution in [3.8, 4) is 0 Å². The molecule has 0 radical (unpaired) electrons. The number of phosphoric acid groups is 1. The van der Waals surface area contributed by atoms with Crippen molar-refractivity contribution in [3.63, 3.8) is 0 Å². The highest BCUT2D eigenvalue weighted by Crippen LogP contribution is 2.43. The van der Waals surface area contributed by atoms with Crippen LogP contribution in [0.15, 0.2) is 72.9 Å². The van der Waals surface area contributed by atoms with E-state index in [1.54, 1.807) is 6.08 Å². The standard InChI is InChI=1S/C61H113N2O6P/c1-6-8-10-12-14-16-18-20-22-24-25-26-27-28-29-30-31-32-33-34-35-36-37-39-41-43-45-47-49-51-53-55-61(65)62-59(58-69-70(66,67)68-57-56-63(3,4)5)60(64)54-52-50-48-46-44-42-40-38-23-21-19-17-15-13-11-9-7-2/h8,10,14,16,20,22,25-26,28-29,52,54,59-60,64H,6-7,9,11-13,15,17-19,21,23-24,27,30-51,53,55-58H2,1-5H3,(H-,62,65,66,67)/p+1/b10-8-,16-14-,22-20-,26-25-,29-28-,54-52+. The maximum atomic E-state index is 13.0. The summed E-state index contributed by atoms with van der Waals surface area (Å²) in [5.41, 5.74) is 0. The molecule has 3 atom stereocenters. The first kappa shape index (κ1) is 67.9. The lowest BCUT2D eigenvalue weighted by molar-refractivity contribution is -0.870. The number of phosphoric ester groups is 1. The molecule has 0 aromatic carbocycles. The summed E-state index contributed by atoms with van der Waals surface area (Å²) in [6, 6.07) is -0.849. The summed E-state index contributed by atoms with van der Waals surface area (Å²) >= 11 is 0. The summed E-state index contributed by atoms with van der Waals surface area (Å²) in [6.07, 6.45) is 71.4. The number of carbonyl (C=O) groups excluding carboxylic acids is 1. The highest BCUT2D eigenvalue weighted by molar-refractivity contribution is 7.47. The van der Waals surface area contributed by atoms with Crippen LogP contribution in [0, 0.1) is 0 Å². The lowest BCUT2D eigenvalue weighted by Crippen LogP contribution is -2.45. The monoisotopic (exact) mass is 1000 g/mol. The average Bonchev–Trinajstić information content (AvgIpc) is 3.32. The van der Waals surface area contributed by atoms with E-state index in [2.05, 4.69) is 79.9 Å². The maximum absolute atomic E-state index is 13.0. The number of amides is 1. The molecule has 0 saturated heterocycles. The third kappa shape index (κ3) is 53.7. The Morgan fingerprint density at radius 2 is 0.857 bits per heavy atom. The lowest BCUT2D eigenvalue weighted by Gasteiger charge is -2.25. The zero-order valence-electron chi connectivity index (χ0n) is 46.5. The maximum Gasteiger partial charge on any atom is 0.472 e. The number of unbranched alkanes of at least 4 members (excludes halogenated alkanes) is 30. The first-order valence-electron chi connectivity index (χ1n) is 29.3. The van der Waals surface area contributed by atoms with Crippen LogP contribution in [0.4, 0.5) is 0 Å². The Balaban J connectivity index is 4.13. The van der Waals surface area contributed by atoms with E-state index in [-0.39, 0.29) is 19.1 Å². The number of nitrogens with zero attached hydrogens (tertiary/aromatic N) is 1. The van der Waals surface area contributed by atoms with Crippen LogP contribution in [0.5, 0.6) is 0 Å². The van der Waals surface area contributed by atoms with Crippen molar-refractivity contribution in [2.24, 2.45) is 0 Å². The van der Waals surface area contributed by atoms with E-state index in [9.17, 15) is 19.4 Å². The third-order valence-corrected chi connectivity index (χ3v) is 13.9. The van der Waals surface area contributed by atoms with Gasteiger partial charge in [-0.3, -0.25) is 13.8 Å². The van der Waals surface area contributed by atoms with Gasteiger partial charge in [0, 0.05) is 6.42 Å². The lowest BCUT2D eigenvalue weighted by atomic mass is 10.0. The van der Waals surface area contributed by atoms with Crippen LogP contribution in [-0.2, 0) is 18.4 Å². The molecule has 0 spiro atoms. The van der Waals surface area contributed by atoms with Crippen LogP contribution in [-0.4, -0.2) is 73.4 Å². The first-order chi connectivity index (χ1) is 34.0. The summed E-state index contributed by atoms with van der Waals surface area (Å²) in [5, 5.41) is 13.9. The molecule has 8 nitrogen and oxygen atoms in total. The Hall–Kier alpha value is -2.06. The van der Waals surface area contributed by atoms with E-state index in [1.165, 1.54) is 167 Å². The van der Waals surface area contributed by atoms with Gasteiger partial charge in [0.15, 0.2) is 0 Å². The number of aliphatic hydroxyl groups is 1. The average molecular weight is 1000 g/mol. The zero-order chi connectivity index (χ0) is 51.3. The number of allylic oxidation sites excluding steroid dienone is 11. The fraction of sp³-hybridized carbons (Fsp3) is 0.787. The Morgan fingerprint density at radius 3 is 1.26 bits per heavy atom. The van der Waals surface area contributed by atoms with Crippen molar-refractivity contribution in [3.05, 3.63) is 72.9 Å². The molecule has 0 bridgehead atoms. The topological polar surface area (TPSA) is 105 Å². The Labute approximate surface area is 434 Å². The molecule has 3 N–H and O–H groups in total. The Kier molecular flexibility index (Phi) is 50.3. The molecule has 0 aliphatic rings. The molecule has 70 heavy (non-hydrogen) atoms. The van der Waals surface area contributed by atoms with Crippen LogP contribution in [0.3, 0.4) is 0 Å². The SMILES string of the molecule is CC/C=C\C/C=C\C/C=C\C/C=C\C/C=C\CCCCCCCCCCCCCCCCCC(=O)NC(COP(=O)(O)OCC[N+](C)(C)C)C(O)/C=C/CCCCCCCCCCCCCCCCC. The number of quaternary nitrogens is 1. The largest absolute Gasteiger partial charge is 0.472 e. The second kappa shape index (κ2) is 51.8. The fourth-order valence-corrected chi connectivity index (χ4v) is 9.10. The van der Waals surface area contributed by atoms with Gasteiger partial charge >= 0.3 is 7.82 Å². The minimum absolute atomic E-state index is 0.0602. The molecule has 1 amide bonds. The van der Waals surface area contributed by atoms with Crippen molar-refractivity contribution < 1.29 is 32.9 Å². The van der Waals surface area contributed by atoms with E-state index in [4.69, 9.17) is 9.05 Å². The van der Waals surface area contributed by atoms with Gasteiger partial charge in [-0.05, 0) is 64.2 Å². The number of rotatable bonds is 53. The number of carbonyl (C=O) groups is 1. The van der Waals surface area contributed by atoms with Gasteiger partial charge in [-0.2, -0.15) is 0 Å². The Bertz CT molecular complexity index is 1370. The summed E-state index contributed by atoms with van der Waals surface area (Å²) in [7, 11) is 1.57. The molecule has 0 heterocycles. The molecule has 3 unspecified atom stereocenters. The van der Waals surface area contributed by atoms with Crippen LogP contribution in [0.2, 0.25) is 0 Å². The molecule has 0 aliphatic carbocycles. The molecule has 0 saturated carbocycles. The Morgan fingerprint density at radius 1 is 0.500 bits per heavy atom. The number of likely N-dealkylation sites (N-methyl/N-ethyl adjacent to an activating group) is 1. The van der Waals surface area contributed by atoms with Crippen LogP contribution in [0.1, 0.15) is 258 Å². The van der Waals surface area contributed by atoms with Crippen molar-refractivity contribution in [1.29, 1.82) is 0 Å². The van der Waals surface area contributed by atoms with Crippen molar-refractivity contribution >= 4 is 13.7 Å². The van der Waals surface area contributed by atoms with Gasteiger partial charge in [0.2, 0.25) is 5.91 Å². The van der Waals surface area contributed by atoms with Gasteiger partial charge in [0.1, 0.15) is 13.2 Å². The van der Waals surface area contributed by atoms with Gasteiger partial charge in [0.25, 0.3) is 0 Å². The highest BCUT2D eigenvalue weighted by Gasteiger charge is 2.27. The van der Waals surface area contributed by atoms with Gasteiger partial charge in [-0.15, -0.1) is 0 Å². The molecule has 0 aromatic heterocycles. The van der Waals surface area contributed by atoms with Crippen LogP contribution in [0.25, 0.3) is 0 Å². The molecule has 0 rings (SSSR count). The van der Waals surface area contributed by atoms with Gasteiger partial charge < -0.3 is 19.8 Å². The molecular formula is C61H114N2O6P+. The number of hydrogen-bond acceptors (Lipinski definition) is 5. The van der Waals surface area contributed by atoms with Crippen molar-refractivity contribution in [1.82, 2.24) is 5.32 Å². The summed E-state index contributed by atoms with van der Waals surface area (Å²) in [5.74, 6) is -0.177. The highest BCUT2D eigenvalue weighted by atomic mass is 31.2. The minimum atomic E-state index is -4.35. The summed E-state index contributed by atoms with van der Waals surface area (Å²) in [4.78, 5) is 23.3. The molecule has 0 aromatic rings. The van der Waals surface area contributed by atoms with Gasteiger partial charge in [-0.1, -0.05) is 260 Å². The van der Waals surface area contributed by atoms with E-state index in [1.807, 2.05) is 27.2 Å². The van der Waals surface area contributed by atoms with Crippen molar-refractivity contribution in [2.45, 2.75) is 270 Å². The van der Waals surface area contributed by atoms with Crippen LogP contribution < -0.4 is 5.32 Å². The van der Waals surface area contributed by atoms with E-state index in [0.717, 1.165) is 70.6 Å². The second-order valence-corrected chi connectivity index (χ2v) is 22.4. The normalized spacial score (nSPS) is 14.4. The fourth-order valence-electron chi connectivity index (χ4n) is 8.36. The van der Waals surface area contributed by atoms with E-state index in [0.29, 0.717) is 17.4 Å². The predicted molar refractivity (Wildman–Crippen MR) is 304 cm³/mol. The van der Waals surface area contributed by atoms with Gasteiger partial charge in [-0.25, -0.2) is 4.57 Å². The minimum Gasteiger partial charge on any atom is -0.387 e.